The van der Waals surface area contributed by atoms with Crippen molar-refractivity contribution in [1.82, 2.24) is 0 Å². The number of hydrogen-bond acceptors (Lipinski definition) is 3. The molecule has 6 heteroatoms. The molecule has 0 unspecified atom stereocenters. The number of anilines is 1. The molecule has 0 aromatic heterocycles. The van der Waals surface area contributed by atoms with Crippen LogP contribution in [0.4, 0.5) is 5.69 Å². The third kappa shape index (κ3) is 4.64. The van der Waals surface area contributed by atoms with E-state index in [4.69, 9.17) is 4.74 Å². The van der Waals surface area contributed by atoms with Crippen LogP contribution in [0.5, 0.6) is 5.75 Å². The maximum atomic E-state index is 12.7. The van der Waals surface area contributed by atoms with Crippen LogP contribution in [0.2, 0.25) is 0 Å². The van der Waals surface area contributed by atoms with Crippen molar-refractivity contribution >= 4 is 73.6 Å². The summed E-state index contributed by atoms with van der Waals surface area (Å²) in [4.78, 5) is 12.7. The van der Waals surface area contributed by atoms with Gasteiger partial charge < -0.3 is 10.1 Å². The Hall–Kier alpha value is -2.12. The number of nitrogens with one attached hydrogen (secondary N) is 1. The molecule has 0 spiro atoms. The lowest BCUT2D eigenvalue weighted by Crippen LogP contribution is -2.13. The molecule has 3 aromatic rings. The second kappa shape index (κ2) is 9.39. The number of fused-ring (bicyclic) bond motifs is 1. The summed E-state index contributed by atoms with van der Waals surface area (Å²) in [7, 11) is 0. The SMILES string of the molecule is CCOc1c(I)cc(/C=C(\C#N)C(=O)Nc2cccc3ccccc23)cc1I. The predicted octanol–water partition coefficient (Wildman–Crippen LogP) is 5.99. The maximum Gasteiger partial charge on any atom is 0.266 e. The molecule has 0 fully saturated rings. The maximum absolute atomic E-state index is 12.7. The van der Waals surface area contributed by atoms with Crippen molar-refractivity contribution < 1.29 is 9.53 Å². The van der Waals surface area contributed by atoms with Crippen LogP contribution in [0.3, 0.4) is 0 Å². The van der Waals surface area contributed by atoms with E-state index in [1.54, 1.807) is 6.08 Å². The Bertz CT molecular complexity index is 1090. The zero-order valence-corrected chi connectivity index (χ0v) is 19.3. The first-order valence-electron chi connectivity index (χ1n) is 8.56. The highest BCUT2D eigenvalue weighted by atomic mass is 127. The summed E-state index contributed by atoms with van der Waals surface area (Å²) in [6.07, 6.45) is 1.60. The number of rotatable bonds is 5. The van der Waals surface area contributed by atoms with E-state index in [0.29, 0.717) is 12.3 Å². The Morgan fingerprint density at radius 3 is 2.50 bits per heavy atom. The molecule has 0 heterocycles. The van der Waals surface area contributed by atoms with Crippen molar-refractivity contribution in [2.24, 2.45) is 0 Å². The van der Waals surface area contributed by atoms with Gasteiger partial charge in [-0.3, -0.25) is 4.79 Å². The average Bonchev–Trinajstić information content (AvgIpc) is 2.69. The Labute approximate surface area is 190 Å². The molecular formula is C22H16I2N2O2. The first-order valence-corrected chi connectivity index (χ1v) is 10.7. The number of ether oxygens (including phenoxy) is 1. The van der Waals surface area contributed by atoms with E-state index in [0.717, 1.165) is 29.2 Å². The Balaban J connectivity index is 1.91. The normalized spacial score (nSPS) is 11.1. The summed E-state index contributed by atoms with van der Waals surface area (Å²) in [5.41, 5.74) is 1.51. The molecule has 0 radical (unpaired) electrons. The van der Waals surface area contributed by atoms with Gasteiger partial charge in [0.1, 0.15) is 17.4 Å². The fraction of sp³-hybridized carbons (Fsp3) is 0.0909. The van der Waals surface area contributed by atoms with E-state index in [1.807, 2.05) is 67.6 Å². The highest BCUT2D eigenvalue weighted by Gasteiger charge is 2.13. The van der Waals surface area contributed by atoms with Gasteiger partial charge in [-0.05, 0) is 87.3 Å². The second-order valence-electron chi connectivity index (χ2n) is 5.90. The molecule has 0 bridgehead atoms. The molecule has 28 heavy (non-hydrogen) atoms. The molecular weight excluding hydrogens is 578 g/mol. The molecule has 0 aliphatic rings. The largest absolute Gasteiger partial charge is 0.492 e. The molecule has 1 N–H and O–H groups in total. The molecule has 0 aliphatic heterocycles. The zero-order chi connectivity index (χ0) is 20.1. The first-order chi connectivity index (χ1) is 13.5. The minimum atomic E-state index is -0.433. The Kier molecular flexibility index (Phi) is 6.91. The molecule has 0 saturated heterocycles. The number of nitrogens with zero attached hydrogens (tertiary/aromatic N) is 1. The van der Waals surface area contributed by atoms with Gasteiger partial charge in [-0.1, -0.05) is 36.4 Å². The van der Waals surface area contributed by atoms with Crippen LogP contribution >= 0.6 is 45.2 Å². The van der Waals surface area contributed by atoms with Crippen molar-refractivity contribution in [3.63, 3.8) is 0 Å². The number of carbonyl (C=O) groups excluding carboxylic acids is 1. The van der Waals surface area contributed by atoms with Crippen LogP contribution in [0.1, 0.15) is 12.5 Å². The highest BCUT2D eigenvalue weighted by Crippen LogP contribution is 2.30. The van der Waals surface area contributed by atoms with Crippen molar-refractivity contribution in [2.75, 3.05) is 11.9 Å². The smallest absolute Gasteiger partial charge is 0.266 e. The minimum absolute atomic E-state index is 0.0451. The lowest BCUT2D eigenvalue weighted by Gasteiger charge is -2.10. The summed E-state index contributed by atoms with van der Waals surface area (Å²) < 4.78 is 7.51. The van der Waals surface area contributed by atoms with Gasteiger partial charge in [0.15, 0.2) is 0 Å². The summed E-state index contributed by atoms with van der Waals surface area (Å²) in [5, 5.41) is 14.3. The molecule has 3 aromatic carbocycles. The fourth-order valence-corrected chi connectivity index (χ4v) is 4.91. The third-order valence-electron chi connectivity index (χ3n) is 4.02. The fourth-order valence-electron chi connectivity index (χ4n) is 2.78. The quantitative estimate of drug-likeness (QED) is 0.224. The van der Waals surface area contributed by atoms with Gasteiger partial charge in [0.05, 0.1) is 13.7 Å². The van der Waals surface area contributed by atoms with Crippen LogP contribution in [-0.2, 0) is 4.79 Å². The summed E-state index contributed by atoms with van der Waals surface area (Å²) in [6, 6.07) is 19.3. The lowest BCUT2D eigenvalue weighted by molar-refractivity contribution is -0.112. The van der Waals surface area contributed by atoms with E-state index >= 15 is 0 Å². The Morgan fingerprint density at radius 2 is 1.82 bits per heavy atom. The number of halogens is 2. The van der Waals surface area contributed by atoms with E-state index in [9.17, 15) is 10.1 Å². The van der Waals surface area contributed by atoms with Crippen LogP contribution in [0.15, 0.2) is 60.2 Å². The van der Waals surface area contributed by atoms with Crippen molar-refractivity contribution in [3.8, 4) is 11.8 Å². The minimum Gasteiger partial charge on any atom is -0.492 e. The van der Waals surface area contributed by atoms with Gasteiger partial charge in [0.2, 0.25) is 0 Å². The van der Waals surface area contributed by atoms with E-state index in [-0.39, 0.29) is 5.57 Å². The van der Waals surface area contributed by atoms with Gasteiger partial charge in [-0.25, -0.2) is 0 Å². The lowest BCUT2D eigenvalue weighted by atomic mass is 10.1. The third-order valence-corrected chi connectivity index (χ3v) is 5.63. The van der Waals surface area contributed by atoms with Gasteiger partial charge in [-0.15, -0.1) is 0 Å². The summed E-state index contributed by atoms with van der Waals surface area (Å²) in [5.74, 6) is 0.386. The topological polar surface area (TPSA) is 62.1 Å². The van der Waals surface area contributed by atoms with Crippen molar-refractivity contribution in [3.05, 3.63) is 72.9 Å². The molecule has 0 saturated carbocycles. The monoisotopic (exact) mass is 594 g/mol. The molecule has 0 atom stereocenters. The number of hydrogen-bond donors (Lipinski definition) is 1. The first kappa shape index (κ1) is 20.6. The standard InChI is InChI=1S/C22H16I2N2O2/c1-2-28-21-18(23)11-14(12-19(21)24)10-16(13-25)22(27)26-20-9-5-7-15-6-3-4-8-17(15)20/h3-12H,2H2,1H3,(H,26,27)/b16-10+. The van der Waals surface area contributed by atoms with Gasteiger partial charge >= 0.3 is 0 Å². The van der Waals surface area contributed by atoms with Crippen LogP contribution in [-0.4, -0.2) is 12.5 Å². The second-order valence-corrected chi connectivity index (χ2v) is 8.22. The molecule has 4 nitrogen and oxygen atoms in total. The summed E-state index contributed by atoms with van der Waals surface area (Å²) >= 11 is 4.39. The zero-order valence-electron chi connectivity index (χ0n) is 15.0. The predicted molar refractivity (Wildman–Crippen MR) is 129 cm³/mol. The number of nitriles is 1. The van der Waals surface area contributed by atoms with Crippen molar-refractivity contribution in [2.45, 2.75) is 6.92 Å². The molecule has 140 valence electrons. The van der Waals surface area contributed by atoms with Gasteiger partial charge in [-0.2, -0.15) is 5.26 Å². The van der Waals surface area contributed by atoms with Gasteiger partial charge in [0, 0.05) is 11.1 Å². The van der Waals surface area contributed by atoms with E-state index in [2.05, 4.69) is 50.5 Å². The van der Waals surface area contributed by atoms with Crippen LogP contribution < -0.4 is 10.1 Å². The molecule has 1 amide bonds. The van der Waals surface area contributed by atoms with Crippen LogP contribution in [0, 0.1) is 18.5 Å². The molecule has 3 rings (SSSR count). The van der Waals surface area contributed by atoms with E-state index in [1.165, 1.54) is 0 Å². The van der Waals surface area contributed by atoms with Gasteiger partial charge in [0.25, 0.3) is 5.91 Å². The number of carbonyl (C=O) groups is 1. The van der Waals surface area contributed by atoms with Crippen LogP contribution in [0.25, 0.3) is 16.8 Å². The van der Waals surface area contributed by atoms with Crippen molar-refractivity contribution in [1.29, 1.82) is 5.26 Å². The number of benzene rings is 3. The summed E-state index contributed by atoms with van der Waals surface area (Å²) in [6.45, 7) is 2.52. The molecule has 0 aliphatic carbocycles. The number of amides is 1. The van der Waals surface area contributed by atoms with E-state index < -0.39 is 5.91 Å². The highest BCUT2D eigenvalue weighted by molar-refractivity contribution is 14.1. The Morgan fingerprint density at radius 1 is 1.14 bits per heavy atom. The average molecular weight is 594 g/mol.